The Kier molecular flexibility index (Phi) is 5.84. The largest absolute Gasteiger partial charge is 1.00 e. The zero-order chi connectivity index (χ0) is 9.19. The molecule has 0 spiro atoms. The Morgan fingerprint density at radius 3 is 1.62 bits per heavy atom. The number of likely N-dealkylation sites (tertiary alicyclic amines) is 1. The second kappa shape index (κ2) is 5.54. The van der Waals surface area contributed by atoms with Crippen LogP contribution in [0, 0.1) is 0 Å². The minimum absolute atomic E-state index is 0. The monoisotopic (exact) mass is 297 g/mol. The van der Waals surface area contributed by atoms with Gasteiger partial charge in [0.05, 0.1) is 25.2 Å². The Morgan fingerprint density at radius 1 is 1.00 bits per heavy atom. The van der Waals surface area contributed by atoms with Crippen molar-refractivity contribution < 1.29 is 28.5 Å². The van der Waals surface area contributed by atoms with Gasteiger partial charge < -0.3 is 28.5 Å². The zero-order valence-electron chi connectivity index (χ0n) is 9.52. The fourth-order valence-corrected chi connectivity index (χ4v) is 3.13. The number of nitrogens with zero attached hydrogens (tertiary/aromatic N) is 1. The van der Waals surface area contributed by atoms with Crippen LogP contribution in [-0.4, -0.2) is 29.7 Å². The summed E-state index contributed by atoms with van der Waals surface area (Å²) in [5.41, 5.74) is 0. The summed E-state index contributed by atoms with van der Waals surface area (Å²) < 4.78 is 1.36. The molecule has 1 saturated heterocycles. The number of hydrogen-bond donors (Lipinski definition) is 0. The number of piperidine rings is 1. The van der Waals surface area contributed by atoms with Crippen molar-refractivity contribution in [1.82, 2.24) is 0 Å². The van der Waals surface area contributed by atoms with Gasteiger partial charge in [0, 0.05) is 0 Å². The van der Waals surface area contributed by atoms with Gasteiger partial charge in [0.1, 0.15) is 0 Å². The molecule has 0 aromatic carbocycles. The Hall–Kier alpha value is 0.690. The van der Waals surface area contributed by atoms with Crippen molar-refractivity contribution >= 4 is 0 Å². The molecule has 2 heteroatoms. The van der Waals surface area contributed by atoms with Gasteiger partial charge in [0.15, 0.2) is 0 Å². The molecule has 1 fully saturated rings. The van der Waals surface area contributed by atoms with Gasteiger partial charge in [0.25, 0.3) is 0 Å². The molecule has 80 valence electrons. The summed E-state index contributed by atoms with van der Waals surface area (Å²) in [7, 11) is 0. The van der Waals surface area contributed by atoms with Crippen LogP contribution >= 0.6 is 0 Å². The van der Waals surface area contributed by atoms with Crippen LogP contribution in [0.2, 0.25) is 0 Å². The third-order valence-corrected chi connectivity index (χ3v) is 4.18. The van der Waals surface area contributed by atoms with Crippen LogP contribution in [0.15, 0.2) is 0 Å². The van der Waals surface area contributed by atoms with E-state index < -0.39 is 0 Å². The quantitative estimate of drug-likeness (QED) is 0.489. The first kappa shape index (κ1) is 13.7. The van der Waals surface area contributed by atoms with E-state index in [2.05, 4.69) is 27.7 Å². The number of hydrogen-bond acceptors (Lipinski definition) is 0. The fraction of sp³-hybridized carbons (Fsp3) is 1.00. The molecule has 13 heavy (non-hydrogen) atoms. The van der Waals surface area contributed by atoms with Gasteiger partial charge in [-0.2, -0.15) is 0 Å². The van der Waals surface area contributed by atoms with Crippen molar-refractivity contribution in [1.29, 1.82) is 0 Å². The molecule has 2 atom stereocenters. The molecular weight excluding hydrogens is 273 g/mol. The normalized spacial score (nSPS) is 32.3. The van der Waals surface area contributed by atoms with E-state index in [1.54, 1.807) is 0 Å². The maximum absolute atomic E-state index is 2.43. The van der Waals surface area contributed by atoms with Crippen LogP contribution in [0.3, 0.4) is 0 Å². The van der Waals surface area contributed by atoms with E-state index in [1.165, 1.54) is 36.8 Å². The summed E-state index contributed by atoms with van der Waals surface area (Å²) in [6.45, 7) is 12.2. The first-order valence-electron chi connectivity index (χ1n) is 5.53. The lowest BCUT2D eigenvalue weighted by molar-refractivity contribution is -0.972. The molecule has 0 bridgehead atoms. The maximum Gasteiger partial charge on any atom is 0.0863 e. The second-order valence-corrected chi connectivity index (χ2v) is 4.36. The van der Waals surface area contributed by atoms with Crippen LogP contribution in [-0.2, 0) is 0 Å². The molecule has 0 aromatic rings. The lowest BCUT2D eigenvalue weighted by Crippen LogP contribution is -3.00. The van der Waals surface area contributed by atoms with Gasteiger partial charge in [-0.3, -0.25) is 0 Å². The molecule has 0 saturated carbocycles. The van der Waals surface area contributed by atoms with Crippen LogP contribution in [0.5, 0.6) is 0 Å². The van der Waals surface area contributed by atoms with Crippen molar-refractivity contribution in [3.8, 4) is 0 Å². The smallest absolute Gasteiger partial charge is 0.0863 e. The van der Waals surface area contributed by atoms with Crippen LogP contribution in [0.25, 0.3) is 0 Å². The highest BCUT2D eigenvalue weighted by molar-refractivity contribution is 4.67. The molecule has 0 aliphatic carbocycles. The summed E-state index contributed by atoms with van der Waals surface area (Å²) in [4.78, 5) is 0. The fourth-order valence-electron chi connectivity index (χ4n) is 3.13. The molecule has 0 amide bonds. The summed E-state index contributed by atoms with van der Waals surface area (Å²) in [6.07, 6.45) is 4.32. The Balaban J connectivity index is 0.00000144. The van der Waals surface area contributed by atoms with Crippen molar-refractivity contribution in [3.63, 3.8) is 0 Å². The van der Waals surface area contributed by atoms with Gasteiger partial charge >= 0.3 is 0 Å². The number of rotatable bonds is 2. The summed E-state index contributed by atoms with van der Waals surface area (Å²) >= 11 is 0. The third kappa shape index (κ3) is 2.38. The van der Waals surface area contributed by atoms with E-state index in [0.29, 0.717) is 0 Å². The molecule has 0 N–H and O–H groups in total. The lowest BCUT2D eigenvalue weighted by atomic mass is 9.93. The predicted molar refractivity (Wildman–Crippen MR) is 54.1 cm³/mol. The molecule has 1 rings (SSSR count). The Labute approximate surface area is 100 Å². The van der Waals surface area contributed by atoms with Crippen molar-refractivity contribution in [2.75, 3.05) is 13.1 Å². The first-order valence-corrected chi connectivity index (χ1v) is 5.53. The summed E-state index contributed by atoms with van der Waals surface area (Å²) in [5.74, 6) is 0. The van der Waals surface area contributed by atoms with Crippen molar-refractivity contribution in [2.45, 2.75) is 59.0 Å². The standard InChI is InChI=1S/C11H24N.HI/c1-5-12(6-2)10(3)8-7-9-11(12)4;/h10-11H,5-9H2,1-4H3;1H/q+1;/p-1. The average molecular weight is 297 g/mol. The van der Waals surface area contributed by atoms with Gasteiger partial charge in [-0.25, -0.2) is 0 Å². The van der Waals surface area contributed by atoms with Gasteiger partial charge in [-0.1, -0.05) is 0 Å². The second-order valence-electron chi connectivity index (χ2n) is 4.36. The van der Waals surface area contributed by atoms with E-state index in [1.807, 2.05) is 0 Å². The van der Waals surface area contributed by atoms with Gasteiger partial charge in [-0.05, 0) is 47.0 Å². The van der Waals surface area contributed by atoms with E-state index in [4.69, 9.17) is 0 Å². The molecule has 1 aliphatic rings. The summed E-state index contributed by atoms with van der Waals surface area (Å²) in [5, 5.41) is 0. The van der Waals surface area contributed by atoms with Crippen molar-refractivity contribution in [2.24, 2.45) is 0 Å². The lowest BCUT2D eigenvalue weighted by Gasteiger charge is -2.50. The molecule has 1 heterocycles. The van der Waals surface area contributed by atoms with E-state index in [9.17, 15) is 0 Å². The maximum atomic E-state index is 2.43. The highest BCUT2D eigenvalue weighted by Gasteiger charge is 2.38. The molecule has 0 aromatic heterocycles. The molecule has 2 unspecified atom stereocenters. The number of halogens is 1. The SMILES string of the molecule is CC[N+]1(CC)C(C)CCCC1C.[I-]. The van der Waals surface area contributed by atoms with E-state index >= 15 is 0 Å². The Morgan fingerprint density at radius 2 is 1.38 bits per heavy atom. The minimum Gasteiger partial charge on any atom is -1.00 e. The number of quaternary nitrogens is 1. The Bertz CT molecular complexity index is 131. The summed E-state index contributed by atoms with van der Waals surface area (Å²) in [6, 6.07) is 1.78. The third-order valence-electron chi connectivity index (χ3n) is 4.18. The van der Waals surface area contributed by atoms with E-state index in [0.717, 1.165) is 12.1 Å². The van der Waals surface area contributed by atoms with Gasteiger partial charge in [-0.15, -0.1) is 0 Å². The topological polar surface area (TPSA) is 0 Å². The van der Waals surface area contributed by atoms with Crippen molar-refractivity contribution in [3.05, 3.63) is 0 Å². The van der Waals surface area contributed by atoms with Crippen LogP contribution < -0.4 is 24.0 Å². The highest BCUT2D eigenvalue weighted by atomic mass is 127. The van der Waals surface area contributed by atoms with E-state index in [-0.39, 0.29) is 24.0 Å². The minimum atomic E-state index is 0. The predicted octanol–water partition coefficient (Wildman–Crippen LogP) is -0.192. The van der Waals surface area contributed by atoms with Crippen LogP contribution in [0.1, 0.15) is 47.0 Å². The zero-order valence-corrected chi connectivity index (χ0v) is 11.7. The molecule has 0 radical (unpaired) electrons. The molecule has 1 nitrogen and oxygen atoms in total. The average Bonchev–Trinajstić information content (AvgIpc) is 2.06. The molecule has 1 aliphatic heterocycles. The van der Waals surface area contributed by atoms with Gasteiger partial charge in [0.2, 0.25) is 0 Å². The molecular formula is C11H24IN. The first-order chi connectivity index (χ1) is 5.67. The highest BCUT2D eigenvalue weighted by Crippen LogP contribution is 2.30. The van der Waals surface area contributed by atoms with Crippen LogP contribution in [0.4, 0.5) is 0 Å².